The van der Waals surface area contributed by atoms with Gasteiger partial charge >= 0.3 is 0 Å². The zero-order chi connectivity index (χ0) is 8.84. The van der Waals surface area contributed by atoms with Gasteiger partial charge in [-0.15, -0.1) is 0 Å². The van der Waals surface area contributed by atoms with Crippen LogP contribution in [-0.4, -0.2) is 12.5 Å². The smallest absolute Gasteiger partial charge is 0.190 e. The van der Waals surface area contributed by atoms with Gasteiger partial charge in [-0.2, -0.15) is 0 Å². The van der Waals surface area contributed by atoms with Crippen LogP contribution in [0.2, 0.25) is 0 Å². The number of hydrogen-bond acceptors (Lipinski definition) is 3. The van der Waals surface area contributed by atoms with Crippen LogP contribution >= 0.6 is 0 Å². The first-order chi connectivity index (χ1) is 6.36. The normalized spacial score (nSPS) is 16.5. The molecule has 3 heteroatoms. The van der Waals surface area contributed by atoms with E-state index in [9.17, 15) is 4.79 Å². The van der Waals surface area contributed by atoms with Gasteiger partial charge in [-0.05, 0) is 17.7 Å². The highest BCUT2D eigenvalue weighted by atomic mass is 16.5. The highest BCUT2D eigenvalue weighted by molar-refractivity contribution is 6.16. The van der Waals surface area contributed by atoms with Gasteiger partial charge in [0.2, 0.25) is 0 Å². The van der Waals surface area contributed by atoms with Gasteiger partial charge in [0.1, 0.15) is 0 Å². The Hall–Kier alpha value is -1.77. The molecule has 1 heterocycles. The predicted molar refractivity (Wildman–Crippen MR) is 48.9 cm³/mol. The molecule has 0 unspecified atom stereocenters. The fraction of sp³-hybridized carbons (Fsp3) is 0.100. The largest absolute Gasteiger partial charge is 0.470 e. The van der Waals surface area contributed by atoms with Crippen molar-refractivity contribution in [2.24, 2.45) is 0 Å². The number of nitrogens with one attached hydrogen (secondary N) is 1. The van der Waals surface area contributed by atoms with Crippen molar-refractivity contribution in [3.8, 4) is 5.75 Å². The van der Waals surface area contributed by atoms with Crippen LogP contribution in [0.3, 0.4) is 0 Å². The summed E-state index contributed by atoms with van der Waals surface area (Å²) in [4.78, 5) is 11.4. The third kappa shape index (κ3) is 0.758. The van der Waals surface area contributed by atoms with Crippen molar-refractivity contribution in [3.05, 3.63) is 29.3 Å². The zero-order valence-electron chi connectivity index (χ0n) is 6.83. The maximum Gasteiger partial charge on any atom is 0.190 e. The van der Waals surface area contributed by atoms with Gasteiger partial charge in [-0.1, -0.05) is 12.1 Å². The minimum Gasteiger partial charge on any atom is -0.470 e. The Labute approximate surface area is 75.0 Å². The summed E-state index contributed by atoms with van der Waals surface area (Å²) >= 11 is 0. The van der Waals surface area contributed by atoms with Crippen LogP contribution in [0.25, 0.3) is 6.08 Å². The number of allylic oxidation sites excluding steroid dienone is 1. The molecule has 1 aromatic carbocycles. The lowest BCUT2D eigenvalue weighted by Gasteiger charge is -2.02. The number of ketones is 1. The fourth-order valence-electron chi connectivity index (χ4n) is 1.71. The molecule has 1 N–H and O–H groups in total. The highest BCUT2D eigenvalue weighted by Crippen LogP contribution is 2.38. The van der Waals surface area contributed by atoms with Crippen LogP contribution in [0.5, 0.6) is 5.75 Å². The number of hydrogen-bond donors (Lipinski definition) is 1. The Bertz CT molecular complexity index is 435. The molecule has 0 aromatic heterocycles. The highest BCUT2D eigenvalue weighted by Gasteiger charge is 2.24. The average Bonchev–Trinajstić information content (AvgIpc) is 2.70. The van der Waals surface area contributed by atoms with E-state index in [-0.39, 0.29) is 5.78 Å². The van der Waals surface area contributed by atoms with Crippen molar-refractivity contribution in [3.63, 3.8) is 0 Å². The number of ether oxygens (including phenoxy) is 1. The SMILES string of the molecule is O=C1C=Cc2ccc3c(c21)OCN3. The van der Waals surface area contributed by atoms with Gasteiger partial charge in [0.15, 0.2) is 18.3 Å². The first kappa shape index (κ1) is 6.71. The average molecular weight is 173 g/mol. The standard InChI is InChI=1S/C10H7NO2/c12-8-4-2-6-1-3-7-10(9(6)8)13-5-11-7/h1-4,11H,5H2. The Morgan fingerprint density at radius 3 is 3.15 bits per heavy atom. The van der Waals surface area contributed by atoms with Gasteiger partial charge in [0.05, 0.1) is 11.3 Å². The van der Waals surface area contributed by atoms with Gasteiger partial charge in [0.25, 0.3) is 0 Å². The molecule has 13 heavy (non-hydrogen) atoms. The third-order valence-corrected chi connectivity index (χ3v) is 2.33. The topological polar surface area (TPSA) is 38.3 Å². The van der Waals surface area contributed by atoms with E-state index in [0.717, 1.165) is 11.3 Å². The molecule has 2 aliphatic rings. The van der Waals surface area contributed by atoms with E-state index in [2.05, 4.69) is 5.32 Å². The lowest BCUT2D eigenvalue weighted by Crippen LogP contribution is -1.98. The van der Waals surface area contributed by atoms with Crippen LogP contribution in [0.4, 0.5) is 5.69 Å². The molecule has 1 aliphatic carbocycles. The second kappa shape index (κ2) is 2.13. The fourth-order valence-corrected chi connectivity index (χ4v) is 1.71. The number of carbonyl (C=O) groups is 1. The first-order valence-corrected chi connectivity index (χ1v) is 4.12. The number of anilines is 1. The van der Waals surface area contributed by atoms with E-state index in [4.69, 9.17) is 4.74 Å². The van der Waals surface area contributed by atoms with Crippen LogP contribution in [-0.2, 0) is 0 Å². The zero-order valence-corrected chi connectivity index (χ0v) is 6.83. The van der Waals surface area contributed by atoms with Crippen molar-refractivity contribution in [1.29, 1.82) is 0 Å². The molecular formula is C10H7NO2. The molecule has 0 saturated carbocycles. The molecule has 1 aliphatic heterocycles. The number of carbonyl (C=O) groups excluding carboxylic acids is 1. The molecular weight excluding hydrogens is 166 g/mol. The van der Waals surface area contributed by atoms with Crippen molar-refractivity contribution in [1.82, 2.24) is 0 Å². The number of benzene rings is 1. The summed E-state index contributed by atoms with van der Waals surface area (Å²) in [5, 5.41) is 3.05. The van der Waals surface area contributed by atoms with Crippen molar-refractivity contribution in [2.45, 2.75) is 0 Å². The molecule has 0 atom stereocenters. The molecule has 1 aromatic rings. The molecule has 3 nitrogen and oxygen atoms in total. The predicted octanol–water partition coefficient (Wildman–Crippen LogP) is 1.66. The van der Waals surface area contributed by atoms with Crippen LogP contribution < -0.4 is 10.1 Å². The summed E-state index contributed by atoms with van der Waals surface area (Å²) in [5.41, 5.74) is 2.56. The Morgan fingerprint density at radius 1 is 1.31 bits per heavy atom. The van der Waals surface area contributed by atoms with Crippen LogP contribution in [0.15, 0.2) is 18.2 Å². The van der Waals surface area contributed by atoms with E-state index in [0.29, 0.717) is 18.0 Å². The molecule has 0 spiro atoms. The van der Waals surface area contributed by atoms with E-state index >= 15 is 0 Å². The summed E-state index contributed by atoms with van der Waals surface area (Å²) < 4.78 is 5.34. The second-order valence-electron chi connectivity index (χ2n) is 3.07. The summed E-state index contributed by atoms with van der Waals surface area (Å²) in [6.45, 7) is 0.457. The van der Waals surface area contributed by atoms with Gasteiger partial charge < -0.3 is 10.1 Å². The summed E-state index contributed by atoms with van der Waals surface area (Å²) in [5.74, 6) is 0.739. The van der Waals surface area contributed by atoms with Crippen molar-refractivity contribution >= 4 is 17.5 Å². The second-order valence-corrected chi connectivity index (χ2v) is 3.07. The molecule has 3 rings (SSSR count). The molecule has 0 fully saturated rings. The molecule has 0 radical (unpaired) electrons. The monoisotopic (exact) mass is 173 g/mol. The van der Waals surface area contributed by atoms with Crippen molar-refractivity contribution < 1.29 is 9.53 Å². The molecule has 0 amide bonds. The number of fused-ring (bicyclic) bond motifs is 3. The third-order valence-electron chi connectivity index (χ3n) is 2.33. The van der Waals surface area contributed by atoms with E-state index < -0.39 is 0 Å². The van der Waals surface area contributed by atoms with Gasteiger partial charge in [-0.3, -0.25) is 4.79 Å². The Kier molecular flexibility index (Phi) is 1.10. The number of rotatable bonds is 0. The summed E-state index contributed by atoms with van der Waals surface area (Å²) in [7, 11) is 0. The molecule has 64 valence electrons. The quantitative estimate of drug-likeness (QED) is 0.648. The molecule has 0 bridgehead atoms. The minimum atomic E-state index is 0.0375. The van der Waals surface area contributed by atoms with E-state index in [1.165, 1.54) is 0 Å². The van der Waals surface area contributed by atoms with Crippen LogP contribution in [0, 0.1) is 0 Å². The molecule has 0 saturated heterocycles. The maximum absolute atomic E-state index is 11.4. The minimum absolute atomic E-state index is 0.0375. The van der Waals surface area contributed by atoms with E-state index in [1.807, 2.05) is 18.2 Å². The summed E-state index contributed by atoms with van der Waals surface area (Å²) in [6, 6.07) is 3.86. The Balaban J connectivity index is 2.33. The van der Waals surface area contributed by atoms with E-state index in [1.54, 1.807) is 6.08 Å². The maximum atomic E-state index is 11.4. The van der Waals surface area contributed by atoms with Gasteiger partial charge in [0, 0.05) is 0 Å². The lowest BCUT2D eigenvalue weighted by molar-refractivity contribution is 0.104. The summed E-state index contributed by atoms with van der Waals surface area (Å²) in [6.07, 6.45) is 3.40. The Morgan fingerprint density at radius 2 is 2.23 bits per heavy atom. The first-order valence-electron chi connectivity index (χ1n) is 4.12. The van der Waals surface area contributed by atoms with Gasteiger partial charge in [-0.25, -0.2) is 0 Å². The van der Waals surface area contributed by atoms with Crippen LogP contribution in [0.1, 0.15) is 15.9 Å². The van der Waals surface area contributed by atoms with Crippen molar-refractivity contribution in [2.75, 3.05) is 12.0 Å². The lowest BCUT2D eigenvalue weighted by atomic mass is 10.1.